The van der Waals surface area contributed by atoms with Gasteiger partial charge in [0.1, 0.15) is 0 Å². The second-order valence-corrected chi connectivity index (χ2v) is 4.70. The predicted molar refractivity (Wildman–Crippen MR) is 65.1 cm³/mol. The van der Waals surface area contributed by atoms with Gasteiger partial charge in [0.15, 0.2) is 0 Å². The molecule has 1 aromatic rings. The van der Waals surface area contributed by atoms with Gasteiger partial charge >= 0.3 is 0 Å². The first-order chi connectivity index (χ1) is 7.59. The molecule has 86 valence electrons. The number of nitrogens with two attached hydrogens (primary N) is 1. The van der Waals surface area contributed by atoms with Crippen LogP contribution in [-0.2, 0) is 0 Å². The highest BCUT2D eigenvalue weighted by molar-refractivity contribution is 9.10. The summed E-state index contributed by atoms with van der Waals surface area (Å²) in [5, 5.41) is 9.39. The summed E-state index contributed by atoms with van der Waals surface area (Å²) in [7, 11) is 0. The molecular weight excluding hydrogens is 272 g/mol. The molecule has 0 aliphatic carbocycles. The Morgan fingerprint density at radius 3 is 2.94 bits per heavy atom. The monoisotopic (exact) mass is 284 g/mol. The predicted octanol–water partition coefficient (Wildman–Crippen LogP) is 1.24. The Kier molecular flexibility index (Phi) is 3.16. The van der Waals surface area contributed by atoms with Crippen LogP contribution in [-0.4, -0.2) is 35.1 Å². The summed E-state index contributed by atoms with van der Waals surface area (Å²) in [6.45, 7) is 1.00. The maximum atomic E-state index is 12.1. The highest BCUT2D eigenvalue weighted by atomic mass is 79.9. The van der Waals surface area contributed by atoms with Gasteiger partial charge in [-0.3, -0.25) is 4.79 Å². The van der Waals surface area contributed by atoms with Crippen LogP contribution in [0.15, 0.2) is 22.7 Å². The highest BCUT2D eigenvalue weighted by Crippen LogP contribution is 2.26. The van der Waals surface area contributed by atoms with Crippen molar-refractivity contribution in [2.24, 2.45) is 0 Å². The minimum absolute atomic E-state index is 0.0873. The Balaban J connectivity index is 2.24. The molecule has 0 spiro atoms. The fourth-order valence-electron chi connectivity index (χ4n) is 1.81. The molecule has 4 nitrogen and oxygen atoms in total. The quantitative estimate of drug-likeness (QED) is 0.763. The van der Waals surface area contributed by atoms with Gasteiger partial charge in [-0.15, -0.1) is 0 Å². The third-order valence-corrected chi connectivity index (χ3v) is 3.59. The number of aliphatic hydroxyl groups excluding tert-OH is 1. The van der Waals surface area contributed by atoms with Gasteiger partial charge in [0.25, 0.3) is 5.91 Å². The van der Waals surface area contributed by atoms with E-state index in [4.69, 9.17) is 5.73 Å². The number of carbonyl (C=O) groups is 1. The van der Waals surface area contributed by atoms with Crippen molar-refractivity contribution in [1.29, 1.82) is 0 Å². The van der Waals surface area contributed by atoms with Crippen molar-refractivity contribution >= 4 is 27.5 Å². The summed E-state index contributed by atoms with van der Waals surface area (Å²) in [5.41, 5.74) is 6.81. The van der Waals surface area contributed by atoms with E-state index in [0.717, 1.165) is 0 Å². The van der Waals surface area contributed by atoms with E-state index in [9.17, 15) is 9.90 Å². The smallest absolute Gasteiger partial charge is 0.255 e. The van der Waals surface area contributed by atoms with Crippen molar-refractivity contribution in [3.8, 4) is 0 Å². The Hall–Kier alpha value is -1.07. The lowest BCUT2D eigenvalue weighted by molar-refractivity contribution is 0.0764. The van der Waals surface area contributed by atoms with Gasteiger partial charge < -0.3 is 15.7 Å². The molecule has 1 aliphatic heterocycles. The van der Waals surface area contributed by atoms with Gasteiger partial charge in [0.2, 0.25) is 0 Å². The van der Waals surface area contributed by atoms with Crippen molar-refractivity contribution in [3.05, 3.63) is 28.2 Å². The molecule has 0 saturated carbocycles. The molecule has 16 heavy (non-hydrogen) atoms. The zero-order chi connectivity index (χ0) is 11.7. The van der Waals surface area contributed by atoms with Gasteiger partial charge in [0, 0.05) is 18.8 Å². The van der Waals surface area contributed by atoms with Crippen molar-refractivity contribution in [2.75, 3.05) is 18.8 Å². The average molecular weight is 285 g/mol. The number of nitrogen functional groups attached to an aromatic ring is 1. The fraction of sp³-hybridized carbons (Fsp3) is 0.364. The van der Waals surface area contributed by atoms with Crippen LogP contribution in [0, 0.1) is 0 Å². The number of anilines is 1. The zero-order valence-electron chi connectivity index (χ0n) is 8.69. The Morgan fingerprint density at radius 2 is 2.31 bits per heavy atom. The van der Waals surface area contributed by atoms with Crippen LogP contribution in [0.3, 0.4) is 0 Å². The van der Waals surface area contributed by atoms with E-state index in [1.54, 1.807) is 23.1 Å². The largest absolute Gasteiger partial charge is 0.398 e. The lowest BCUT2D eigenvalue weighted by Gasteiger charge is -2.16. The van der Waals surface area contributed by atoms with E-state index in [2.05, 4.69) is 15.9 Å². The van der Waals surface area contributed by atoms with Crippen LogP contribution in [0.1, 0.15) is 16.8 Å². The minimum atomic E-state index is -0.399. The number of carbonyl (C=O) groups excluding carboxylic acids is 1. The lowest BCUT2D eigenvalue weighted by Crippen LogP contribution is -2.29. The normalized spacial score (nSPS) is 20.1. The SMILES string of the molecule is Nc1cccc(C(=O)N2CCC(O)C2)c1Br. The molecular formula is C11H13BrN2O2. The summed E-state index contributed by atoms with van der Waals surface area (Å²) < 4.78 is 0.626. The molecule has 0 bridgehead atoms. The molecule has 1 fully saturated rings. The van der Waals surface area contributed by atoms with Gasteiger partial charge in [-0.25, -0.2) is 0 Å². The molecule has 1 atom stereocenters. The number of hydrogen-bond acceptors (Lipinski definition) is 3. The highest BCUT2D eigenvalue weighted by Gasteiger charge is 2.26. The first-order valence-corrected chi connectivity index (χ1v) is 5.90. The second-order valence-electron chi connectivity index (χ2n) is 3.90. The van der Waals surface area contributed by atoms with E-state index >= 15 is 0 Å². The summed E-state index contributed by atoms with van der Waals surface area (Å²) >= 11 is 3.31. The molecule has 0 aromatic heterocycles. The molecule has 1 aliphatic rings. The number of rotatable bonds is 1. The van der Waals surface area contributed by atoms with Crippen molar-refractivity contribution in [1.82, 2.24) is 4.90 Å². The van der Waals surface area contributed by atoms with Crippen molar-refractivity contribution in [2.45, 2.75) is 12.5 Å². The number of nitrogens with zero attached hydrogens (tertiary/aromatic N) is 1. The third-order valence-electron chi connectivity index (χ3n) is 2.71. The van der Waals surface area contributed by atoms with Crippen LogP contribution < -0.4 is 5.73 Å². The molecule has 1 amide bonds. The molecule has 0 radical (unpaired) electrons. The Labute approximate surface area is 102 Å². The summed E-state index contributed by atoms with van der Waals surface area (Å²) in [4.78, 5) is 13.7. The van der Waals surface area contributed by atoms with Crippen LogP contribution in [0.5, 0.6) is 0 Å². The maximum Gasteiger partial charge on any atom is 0.255 e. The zero-order valence-corrected chi connectivity index (χ0v) is 10.3. The van der Waals surface area contributed by atoms with E-state index < -0.39 is 6.10 Å². The Morgan fingerprint density at radius 1 is 1.56 bits per heavy atom. The molecule has 1 heterocycles. The van der Waals surface area contributed by atoms with Gasteiger partial charge in [-0.2, -0.15) is 0 Å². The fourth-order valence-corrected chi connectivity index (χ4v) is 2.25. The molecule has 2 rings (SSSR count). The molecule has 3 N–H and O–H groups in total. The first-order valence-electron chi connectivity index (χ1n) is 5.11. The minimum Gasteiger partial charge on any atom is -0.398 e. The van der Waals surface area contributed by atoms with Crippen LogP contribution in [0.2, 0.25) is 0 Å². The number of amides is 1. The maximum absolute atomic E-state index is 12.1. The van der Waals surface area contributed by atoms with Gasteiger partial charge in [0.05, 0.1) is 16.1 Å². The average Bonchev–Trinajstić information content (AvgIpc) is 2.68. The number of benzene rings is 1. The molecule has 1 unspecified atom stereocenters. The lowest BCUT2D eigenvalue weighted by atomic mass is 10.2. The molecule has 1 aromatic carbocycles. The summed E-state index contributed by atoms with van der Waals surface area (Å²) in [5.74, 6) is -0.0873. The van der Waals surface area contributed by atoms with E-state index in [-0.39, 0.29) is 5.91 Å². The number of β-amino-alcohol motifs (C(OH)–C–C–N with tert-alkyl or cyclic N) is 1. The van der Waals surface area contributed by atoms with Crippen LogP contribution in [0.25, 0.3) is 0 Å². The van der Waals surface area contributed by atoms with E-state index in [1.165, 1.54) is 0 Å². The number of likely N-dealkylation sites (tertiary alicyclic amines) is 1. The van der Waals surface area contributed by atoms with E-state index in [0.29, 0.717) is 35.2 Å². The van der Waals surface area contributed by atoms with Crippen LogP contribution >= 0.6 is 15.9 Å². The standard InChI is InChI=1S/C11H13BrN2O2/c12-10-8(2-1-3-9(10)13)11(16)14-5-4-7(15)6-14/h1-3,7,15H,4-6,13H2. The topological polar surface area (TPSA) is 66.6 Å². The van der Waals surface area contributed by atoms with Crippen molar-refractivity contribution < 1.29 is 9.90 Å². The number of aliphatic hydroxyl groups is 1. The first kappa shape index (κ1) is 11.4. The second kappa shape index (κ2) is 4.43. The van der Waals surface area contributed by atoms with Gasteiger partial charge in [-0.05, 0) is 34.5 Å². The van der Waals surface area contributed by atoms with Crippen LogP contribution in [0.4, 0.5) is 5.69 Å². The molecule has 5 heteroatoms. The van der Waals surface area contributed by atoms with Gasteiger partial charge in [-0.1, -0.05) is 6.07 Å². The van der Waals surface area contributed by atoms with Crippen molar-refractivity contribution in [3.63, 3.8) is 0 Å². The number of hydrogen-bond donors (Lipinski definition) is 2. The summed E-state index contributed by atoms with van der Waals surface area (Å²) in [6, 6.07) is 5.22. The molecule has 1 saturated heterocycles. The Bertz CT molecular complexity index is 422. The number of halogens is 1. The summed E-state index contributed by atoms with van der Waals surface area (Å²) in [6.07, 6.45) is 0.245. The van der Waals surface area contributed by atoms with E-state index in [1.807, 2.05) is 0 Å². The third kappa shape index (κ3) is 2.05.